The molecule has 0 saturated heterocycles. The molecule has 0 spiro atoms. The molecule has 0 radical (unpaired) electrons. The molecular weight excluding hydrogens is 392 g/mol. The number of carbonyl (C=O) groups is 2. The predicted octanol–water partition coefficient (Wildman–Crippen LogP) is 4.82. The third-order valence-corrected chi connectivity index (χ3v) is 7.60. The topological polar surface area (TPSA) is 61.8 Å². The first kappa shape index (κ1) is 20.1. The Bertz CT molecular complexity index is 999. The molecule has 3 aliphatic rings. The van der Waals surface area contributed by atoms with Crippen LogP contribution in [0.2, 0.25) is 0 Å². The zero-order valence-electron chi connectivity index (χ0n) is 18.0. The molecule has 2 aromatic carbocycles. The van der Waals surface area contributed by atoms with Crippen LogP contribution in [0.15, 0.2) is 48.5 Å². The molecule has 5 heteroatoms. The van der Waals surface area contributed by atoms with Crippen molar-refractivity contribution in [2.24, 2.45) is 23.7 Å². The number of hydrogen-bond donors (Lipinski definition) is 0. The van der Waals surface area contributed by atoms with Gasteiger partial charge in [0.25, 0.3) is 0 Å². The van der Waals surface area contributed by atoms with Gasteiger partial charge in [0.1, 0.15) is 23.5 Å². The lowest BCUT2D eigenvalue weighted by molar-refractivity contribution is -0.0418. The van der Waals surface area contributed by atoms with E-state index in [9.17, 15) is 9.59 Å². The summed E-state index contributed by atoms with van der Waals surface area (Å²) in [5.74, 6) is 1.69. The molecule has 31 heavy (non-hydrogen) atoms. The van der Waals surface area contributed by atoms with Crippen molar-refractivity contribution in [1.82, 2.24) is 0 Å². The van der Waals surface area contributed by atoms with Crippen molar-refractivity contribution >= 4 is 11.9 Å². The van der Waals surface area contributed by atoms with Crippen LogP contribution >= 0.6 is 0 Å². The van der Waals surface area contributed by atoms with Crippen molar-refractivity contribution < 1.29 is 23.8 Å². The lowest BCUT2D eigenvalue weighted by atomic mass is 9.81. The standard InChI is InChI=1S/C26H28O5/c1-15-7-3-4-8-18(15)25(27)31-24-22(14-20-16-11-12-17(13-16)23(20)24)30-26(28)19-9-5-6-10-21(19)29-2/h3-10,16-17,20,22-24H,11-14H2,1-2H3. The van der Waals surface area contributed by atoms with Gasteiger partial charge in [0.05, 0.1) is 12.7 Å². The molecule has 0 aliphatic heterocycles. The SMILES string of the molecule is COc1ccccc1C(=O)OC1CC2C3CCC(C3)C2C1OC(=O)c1ccccc1C. The van der Waals surface area contributed by atoms with Gasteiger partial charge in [-0.25, -0.2) is 9.59 Å². The molecule has 0 aromatic heterocycles. The summed E-state index contributed by atoms with van der Waals surface area (Å²) in [7, 11) is 1.54. The molecule has 5 nitrogen and oxygen atoms in total. The molecule has 162 valence electrons. The normalized spacial score (nSPS) is 30.6. The van der Waals surface area contributed by atoms with Crippen LogP contribution in [0, 0.1) is 30.6 Å². The van der Waals surface area contributed by atoms with Crippen molar-refractivity contribution in [3.05, 3.63) is 65.2 Å². The number of aryl methyl sites for hydroxylation is 1. The van der Waals surface area contributed by atoms with Crippen molar-refractivity contribution in [3.8, 4) is 5.75 Å². The van der Waals surface area contributed by atoms with E-state index < -0.39 is 18.2 Å². The minimum Gasteiger partial charge on any atom is -0.496 e. The minimum absolute atomic E-state index is 0.280. The Hall–Kier alpha value is -2.82. The van der Waals surface area contributed by atoms with E-state index in [0.717, 1.165) is 12.0 Å². The second-order valence-electron chi connectivity index (χ2n) is 9.14. The van der Waals surface area contributed by atoms with Gasteiger partial charge in [-0.15, -0.1) is 0 Å². The zero-order valence-corrected chi connectivity index (χ0v) is 18.0. The van der Waals surface area contributed by atoms with E-state index in [2.05, 4.69) is 0 Å². The Labute approximate surface area is 182 Å². The number of para-hydroxylation sites is 1. The van der Waals surface area contributed by atoms with Crippen LogP contribution in [0.3, 0.4) is 0 Å². The average molecular weight is 421 g/mol. The number of benzene rings is 2. The fourth-order valence-corrected chi connectivity index (χ4v) is 6.24. The highest BCUT2D eigenvalue weighted by Gasteiger charge is 2.59. The van der Waals surface area contributed by atoms with Gasteiger partial charge in [-0.05, 0) is 74.1 Å². The molecule has 0 heterocycles. The maximum Gasteiger partial charge on any atom is 0.342 e. The number of fused-ring (bicyclic) bond motifs is 5. The summed E-state index contributed by atoms with van der Waals surface area (Å²) in [5.41, 5.74) is 1.86. The second kappa shape index (κ2) is 8.03. The van der Waals surface area contributed by atoms with E-state index in [-0.39, 0.29) is 11.9 Å². The summed E-state index contributed by atoms with van der Waals surface area (Å²) in [4.78, 5) is 26.0. The molecular formula is C26H28O5. The highest BCUT2D eigenvalue weighted by atomic mass is 16.6. The van der Waals surface area contributed by atoms with Gasteiger partial charge in [-0.3, -0.25) is 0 Å². The van der Waals surface area contributed by atoms with E-state index in [1.807, 2.05) is 31.2 Å². The molecule has 3 saturated carbocycles. The number of methoxy groups -OCH3 is 1. The highest BCUT2D eigenvalue weighted by Crippen LogP contribution is 2.60. The van der Waals surface area contributed by atoms with E-state index in [1.165, 1.54) is 26.4 Å². The maximum atomic E-state index is 13.0. The molecule has 0 N–H and O–H groups in total. The molecule has 6 atom stereocenters. The smallest absolute Gasteiger partial charge is 0.342 e. The Kier molecular flexibility index (Phi) is 5.20. The van der Waals surface area contributed by atoms with Gasteiger partial charge in [0.2, 0.25) is 0 Å². The van der Waals surface area contributed by atoms with Gasteiger partial charge in [0, 0.05) is 5.92 Å². The lowest BCUT2D eigenvalue weighted by Crippen LogP contribution is -2.37. The molecule has 6 unspecified atom stereocenters. The lowest BCUT2D eigenvalue weighted by Gasteiger charge is -2.29. The van der Waals surface area contributed by atoms with E-state index in [4.69, 9.17) is 14.2 Å². The summed E-state index contributed by atoms with van der Waals surface area (Å²) in [5, 5.41) is 0. The maximum absolute atomic E-state index is 13.0. The van der Waals surface area contributed by atoms with Gasteiger partial charge in [-0.2, -0.15) is 0 Å². The number of carbonyl (C=O) groups excluding carboxylic acids is 2. The van der Waals surface area contributed by atoms with Crippen LogP contribution < -0.4 is 4.74 Å². The van der Waals surface area contributed by atoms with E-state index in [1.54, 1.807) is 24.3 Å². The number of ether oxygens (including phenoxy) is 3. The third-order valence-electron chi connectivity index (χ3n) is 7.60. The Morgan fingerprint density at radius 3 is 2.29 bits per heavy atom. The molecule has 2 aromatic rings. The summed E-state index contributed by atoms with van der Waals surface area (Å²) in [6.07, 6.45) is 3.56. The predicted molar refractivity (Wildman–Crippen MR) is 115 cm³/mol. The second-order valence-corrected chi connectivity index (χ2v) is 9.14. The quantitative estimate of drug-likeness (QED) is 0.649. The van der Waals surface area contributed by atoms with Crippen molar-refractivity contribution in [2.75, 3.05) is 7.11 Å². The van der Waals surface area contributed by atoms with Crippen LogP contribution in [0.1, 0.15) is 52.0 Å². The molecule has 0 amide bonds. The first-order chi connectivity index (χ1) is 15.1. The number of rotatable bonds is 5. The third kappa shape index (κ3) is 3.50. The first-order valence-electron chi connectivity index (χ1n) is 11.2. The monoisotopic (exact) mass is 420 g/mol. The zero-order chi connectivity index (χ0) is 21.5. The van der Waals surface area contributed by atoms with Crippen LogP contribution in [-0.2, 0) is 9.47 Å². The largest absolute Gasteiger partial charge is 0.496 e. The number of hydrogen-bond acceptors (Lipinski definition) is 5. The van der Waals surface area contributed by atoms with Crippen molar-refractivity contribution in [2.45, 2.75) is 44.8 Å². The van der Waals surface area contributed by atoms with E-state index >= 15 is 0 Å². The van der Waals surface area contributed by atoms with Crippen molar-refractivity contribution in [1.29, 1.82) is 0 Å². The van der Waals surface area contributed by atoms with Gasteiger partial charge >= 0.3 is 11.9 Å². The number of esters is 2. The van der Waals surface area contributed by atoms with Gasteiger partial charge < -0.3 is 14.2 Å². The highest BCUT2D eigenvalue weighted by molar-refractivity contribution is 5.93. The summed E-state index contributed by atoms with van der Waals surface area (Å²) in [6.45, 7) is 1.91. The Morgan fingerprint density at radius 1 is 0.839 bits per heavy atom. The van der Waals surface area contributed by atoms with Gasteiger partial charge in [-0.1, -0.05) is 30.3 Å². The first-order valence-corrected chi connectivity index (χ1v) is 11.2. The van der Waals surface area contributed by atoms with Crippen LogP contribution in [0.5, 0.6) is 5.75 Å². The fraction of sp³-hybridized carbons (Fsp3) is 0.462. The van der Waals surface area contributed by atoms with Crippen LogP contribution in [-0.4, -0.2) is 31.3 Å². The average Bonchev–Trinajstić information content (AvgIpc) is 3.48. The summed E-state index contributed by atoms with van der Waals surface area (Å²) in [6, 6.07) is 14.5. The van der Waals surface area contributed by atoms with E-state index in [0.29, 0.717) is 34.6 Å². The van der Waals surface area contributed by atoms with Gasteiger partial charge in [0.15, 0.2) is 0 Å². The van der Waals surface area contributed by atoms with Crippen LogP contribution in [0.25, 0.3) is 0 Å². The molecule has 2 bridgehead atoms. The Balaban J connectivity index is 1.40. The summed E-state index contributed by atoms with van der Waals surface area (Å²) >= 11 is 0. The van der Waals surface area contributed by atoms with Crippen molar-refractivity contribution in [3.63, 3.8) is 0 Å². The summed E-state index contributed by atoms with van der Waals surface area (Å²) < 4.78 is 17.4. The van der Waals surface area contributed by atoms with Crippen LogP contribution in [0.4, 0.5) is 0 Å². The Morgan fingerprint density at radius 2 is 1.52 bits per heavy atom. The molecule has 5 rings (SSSR count). The molecule has 3 fully saturated rings. The fourth-order valence-electron chi connectivity index (χ4n) is 6.24. The molecule has 3 aliphatic carbocycles. The minimum atomic E-state index is -0.427.